The van der Waals surface area contributed by atoms with E-state index in [1.807, 2.05) is 60.7 Å². The van der Waals surface area contributed by atoms with E-state index in [1.54, 1.807) is 0 Å². The van der Waals surface area contributed by atoms with Crippen LogP contribution in [0, 0.1) is 0 Å². The zero-order valence-corrected chi connectivity index (χ0v) is 20.1. The van der Waals surface area contributed by atoms with Crippen molar-refractivity contribution in [2.75, 3.05) is 0 Å². The Kier molecular flexibility index (Phi) is 13.9. The highest BCUT2D eigenvalue weighted by atomic mass is 79.9. The van der Waals surface area contributed by atoms with Crippen molar-refractivity contribution >= 4 is 39.8 Å². The van der Waals surface area contributed by atoms with Gasteiger partial charge in [0.05, 0.1) is 0 Å². The second kappa shape index (κ2) is 16.4. The standard InChI is InChI=1S/C12H13BrO4.C12H15NO4/c2*13-10(12(15)16)6-7-11(14)17-8-9-4-2-1-3-5-9/h1-5,10H,6-8H2,(H,15,16);1-5,10H,6-8,13H2,(H,15,16)/t2*10-/m00/s1. The second-order valence-electron chi connectivity index (χ2n) is 7.12. The number of alkyl halides is 1. The molecular weight excluding hydrogens is 510 g/mol. The number of benzene rings is 2. The van der Waals surface area contributed by atoms with Crippen LogP contribution >= 0.6 is 15.9 Å². The van der Waals surface area contributed by atoms with Gasteiger partial charge in [-0.25, -0.2) is 0 Å². The van der Waals surface area contributed by atoms with Crippen LogP contribution in [0.5, 0.6) is 0 Å². The number of carbonyl (C=O) groups excluding carboxylic acids is 2. The largest absolute Gasteiger partial charge is 0.480 e. The van der Waals surface area contributed by atoms with Gasteiger partial charge in [0, 0.05) is 12.8 Å². The van der Waals surface area contributed by atoms with Gasteiger partial charge in [-0.3, -0.25) is 19.2 Å². The van der Waals surface area contributed by atoms with E-state index in [1.165, 1.54) is 0 Å². The Bertz CT molecular complexity index is 832. The van der Waals surface area contributed by atoms with Gasteiger partial charge in [0.25, 0.3) is 0 Å². The summed E-state index contributed by atoms with van der Waals surface area (Å²) < 4.78 is 9.98. The molecule has 0 heterocycles. The molecule has 2 atom stereocenters. The number of carbonyl (C=O) groups is 4. The molecule has 0 saturated heterocycles. The second-order valence-corrected chi connectivity index (χ2v) is 8.23. The summed E-state index contributed by atoms with van der Waals surface area (Å²) in [5.74, 6) is -2.91. The zero-order valence-electron chi connectivity index (χ0n) is 18.5. The fourth-order valence-corrected chi connectivity index (χ4v) is 2.61. The molecule has 2 aromatic carbocycles. The molecule has 0 aliphatic carbocycles. The maximum absolute atomic E-state index is 11.3. The number of carboxylic acids is 2. The van der Waals surface area contributed by atoms with Crippen molar-refractivity contribution in [3.05, 3.63) is 71.8 Å². The van der Waals surface area contributed by atoms with Gasteiger partial charge in [0.2, 0.25) is 0 Å². The van der Waals surface area contributed by atoms with Crippen molar-refractivity contribution in [1.82, 2.24) is 0 Å². The summed E-state index contributed by atoms with van der Waals surface area (Å²) in [6.45, 7) is 0.418. The number of esters is 2. The average molecular weight is 538 g/mol. The molecule has 184 valence electrons. The topological polar surface area (TPSA) is 153 Å². The van der Waals surface area contributed by atoms with Crippen LogP contribution in [-0.4, -0.2) is 45.0 Å². The van der Waals surface area contributed by atoms with Crippen molar-refractivity contribution in [2.45, 2.75) is 49.8 Å². The van der Waals surface area contributed by atoms with Crippen molar-refractivity contribution in [2.24, 2.45) is 5.73 Å². The zero-order chi connectivity index (χ0) is 25.3. The van der Waals surface area contributed by atoms with Crippen LogP contribution < -0.4 is 5.73 Å². The van der Waals surface area contributed by atoms with E-state index in [-0.39, 0.29) is 44.9 Å². The predicted octanol–water partition coefficient (Wildman–Crippen LogP) is 3.28. The van der Waals surface area contributed by atoms with Gasteiger partial charge in [-0.05, 0) is 24.0 Å². The van der Waals surface area contributed by atoms with Gasteiger partial charge in [-0.1, -0.05) is 76.6 Å². The van der Waals surface area contributed by atoms with Crippen LogP contribution in [0.25, 0.3) is 0 Å². The Hall–Kier alpha value is -3.24. The SMILES string of the molecule is N[C@@H](CCC(=O)OCc1ccccc1)C(=O)O.O=C(CC[C@H](Br)C(=O)O)OCc1ccccc1. The Morgan fingerprint density at radius 1 is 0.735 bits per heavy atom. The normalized spacial score (nSPS) is 11.8. The van der Waals surface area contributed by atoms with Gasteiger partial charge >= 0.3 is 23.9 Å². The van der Waals surface area contributed by atoms with Crippen LogP contribution in [-0.2, 0) is 41.9 Å². The minimum atomic E-state index is -1.11. The third-order valence-corrected chi connectivity index (χ3v) is 5.18. The van der Waals surface area contributed by atoms with Crippen molar-refractivity contribution < 1.29 is 38.9 Å². The third kappa shape index (κ3) is 13.3. The molecule has 0 aromatic heterocycles. The number of carboxylic acid groups (broad SMARTS) is 2. The van der Waals surface area contributed by atoms with E-state index in [4.69, 9.17) is 25.4 Å². The minimum Gasteiger partial charge on any atom is -0.480 e. The molecule has 10 heteroatoms. The molecule has 0 aliphatic rings. The number of nitrogens with two attached hydrogens (primary N) is 1. The lowest BCUT2D eigenvalue weighted by Crippen LogP contribution is -2.30. The molecular formula is C24H28BrNO8. The molecule has 34 heavy (non-hydrogen) atoms. The number of hydrogen-bond acceptors (Lipinski definition) is 7. The predicted molar refractivity (Wildman–Crippen MR) is 127 cm³/mol. The van der Waals surface area contributed by atoms with E-state index in [0.717, 1.165) is 11.1 Å². The first-order valence-corrected chi connectivity index (χ1v) is 11.3. The van der Waals surface area contributed by atoms with Gasteiger partial charge < -0.3 is 25.4 Å². The number of hydrogen-bond donors (Lipinski definition) is 3. The lowest BCUT2D eigenvalue weighted by atomic mass is 10.2. The van der Waals surface area contributed by atoms with Crippen molar-refractivity contribution in [3.8, 4) is 0 Å². The molecule has 9 nitrogen and oxygen atoms in total. The van der Waals surface area contributed by atoms with Gasteiger partial charge in [-0.2, -0.15) is 0 Å². The molecule has 0 radical (unpaired) electrons. The molecule has 2 rings (SSSR count). The lowest BCUT2D eigenvalue weighted by molar-refractivity contribution is -0.146. The Morgan fingerprint density at radius 2 is 1.15 bits per heavy atom. The van der Waals surface area contributed by atoms with Crippen LogP contribution in [0.3, 0.4) is 0 Å². The minimum absolute atomic E-state index is 0.0142. The third-order valence-electron chi connectivity index (χ3n) is 4.33. The fraction of sp³-hybridized carbons (Fsp3) is 0.333. The maximum atomic E-state index is 11.3. The van der Waals surface area contributed by atoms with Crippen molar-refractivity contribution in [1.29, 1.82) is 0 Å². The first-order valence-electron chi connectivity index (χ1n) is 10.4. The smallest absolute Gasteiger partial charge is 0.320 e. The first kappa shape index (κ1) is 28.8. The number of rotatable bonds is 12. The number of ether oxygens (including phenoxy) is 2. The highest BCUT2D eigenvalue weighted by Crippen LogP contribution is 2.10. The average Bonchev–Trinajstić information content (AvgIpc) is 2.84. The van der Waals surface area contributed by atoms with E-state index in [9.17, 15) is 19.2 Å². The van der Waals surface area contributed by atoms with E-state index in [2.05, 4.69) is 15.9 Å². The number of aliphatic carboxylic acids is 2. The summed E-state index contributed by atoms with van der Waals surface area (Å²) in [6.07, 6.45) is 0.418. The van der Waals surface area contributed by atoms with Gasteiger partial charge in [0.15, 0.2) is 0 Å². The van der Waals surface area contributed by atoms with Crippen LogP contribution in [0.4, 0.5) is 0 Å². The van der Waals surface area contributed by atoms with Crippen LogP contribution in [0.1, 0.15) is 36.8 Å². The Balaban J connectivity index is 0.000000340. The number of halogens is 1. The summed E-state index contributed by atoms with van der Waals surface area (Å²) in [4.78, 5) is 42.8. The van der Waals surface area contributed by atoms with Gasteiger partial charge in [-0.15, -0.1) is 0 Å². The van der Waals surface area contributed by atoms with Crippen LogP contribution in [0.15, 0.2) is 60.7 Å². The molecule has 0 aliphatic heterocycles. The summed E-state index contributed by atoms with van der Waals surface area (Å²) in [5, 5.41) is 17.1. The quantitative estimate of drug-likeness (QED) is 0.273. The first-order chi connectivity index (χ1) is 16.2. The summed E-state index contributed by atoms with van der Waals surface area (Å²) in [7, 11) is 0. The molecule has 0 spiro atoms. The maximum Gasteiger partial charge on any atom is 0.320 e. The fourth-order valence-electron chi connectivity index (χ4n) is 2.39. The molecule has 0 amide bonds. The Morgan fingerprint density at radius 3 is 1.53 bits per heavy atom. The molecule has 4 N–H and O–H groups in total. The van der Waals surface area contributed by atoms with E-state index >= 15 is 0 Å². The Labute approximate surface area is 206 Å². The summed E-state index contributed by atoms with van der Waals surface area (Å²) in [6, 6.07) is 17.6. The summed E-state index contributed by atoms with van der Waals surface area (Å²) in [5.41, 5.74) is 7.07. The van der Waals surface area contributed by atoms with Gasteiger partial charge in [0.1, 0.15) is 24.1 Å². The van der Waals surface area contributed by atoms with Crippen molar-refractivity contribution in [3.63, 3.8) is 0 Å². The highest BCUT2D eigenvalue weighted by molar-refractivity contribution is 9.10. The summed E-state index contributed by atoms with van der Waals surface area (Å²) >= 11 is 2.96. The molecule has 0 unspecified atom stereocenters. The molecule has 0 saturated carbocycles. The lowest BCUT2D eigenvalue weighted by Gasteiger charge is -2.07. The van der Waals surface area contributed by atoms with E-state index in [0.29, 0.717) is 0 Å². The molecule has 2 aromatic rings. The highest BCUT2D eigenvalue weighted by Gasteiger charge is 2.15. The monoisotopic (exact) mass is 537 g/mol. The van der Waals surface area contributed by atoms with E-state index < -0.39 is 28.8 Å². The molecule has 0 bridgehead atoms. The molecule has 0 fully saturated rings. The van der Waals surface area contributed by atoms with Crippen LogP contribution in [0.2, 0.25) is 0 Å².